The monoisotopic (exact) mass is 311 g/mol. The second-order valence-electron chi connectivity index (χ2n) is 6.00. The smallest absolute Gasteiger partial charge is 0.241 e. The Morgan fingerprint density at radius 3 is 2.70 bits per heavy atom. The molecule has 0 aliphatic carbocycles. The van der Waals surface area contributed by atoms with Crippen molar-refractivity contribution in [1.29, 1.82) is 0 Å². The highest BCUT2D eigenvalue weighted by molar-refractivity contribution is 5.83. The van der Waals surface area contributed by atoms with E-state index < -0.39 is 0 Å². The van der Waals surface area contributed by atoms with E-state index in [0.717, 1.165) is 29.7 Å². The summed E-state index contributed by atoms with van der Waals surface area (Å²) in [5.74, 6) is 0.0432. The molecule has 0 aliphatic heterocycles. The lowest BCUT2D eigenvalue weighted by molar-refractivity contribution is -0.125. The highest BCUT2D eigenvalue weighted by Gasteiger charge is 2.22. The summed E-state index contributed by atoms with van der Waals surface area (Å²) in [5, 5.41) is 3.04. The van der Waals surface area contributed by atoms with Crippen molar-refractivity contribution in [2.75, 3.05) is 20.6 Å². The van der Waals surface area contributed by atoms with Gasteiger partial charge in [0.15, 0.2) is 0 Å². The van der Waals surface area contributed by atoms with Crippen molar-refractivity contribution in [3.63, 3.8) is 0 Å². The average molecular weight is 311 g/mol. The minimum Gasteiger partial charge on any atom is -0.354 e. The molecule has 0 saturated carbocycles. The van der Waals surface area contributed by atoms with Crippen molar-refractivity contribution in [2.24, 2.45) is 0 Å². The van der Waals surface area contributed by atoms with Crippen molar-refractivity contribution in [3.05, 3.63) is 65.5 Å². The first kappa shape index (κ1) is 17.2. The number of hydrogen-bond donors (Lipinski definition) is 1. The zero-order valence-electron chi connectivity index (χ0n) is 14.1. The molecule has 0 fully saturated rings. The summed E-state index contributed by atoms with van der Waals surface area (Å²) >= 11 is 0. The summed E-state index contributed by atoms with van der Waals surface area (Å²) in [7, 11) is 3.86. The van der Waals surface area contributed by atoms with Gasteiger partial charge in [-0.25, -0.2) is 0 Å². The van der Waals surface area contributed by atoms with Crippen LogP contribution in [0.15, 0.2) is 48.7 Å². The van der Waals surface area contributed by atoms with Crippen LogP contribution >= 0.6 is 0 Å². The third-order valence-electron chi connectivity index (χ3n) is 3.76. The highest BCUT2D eigenvalue weighted by Crippen LogP contribution is 2.19. The first-order valence-corrected chi connectivity index (χ1v) is 7.98. The lowest BCUT2D eigenvalue weighted by Crippen LogP contribution is -2.37. The number of benzene rings is 1. The fourth-order valence-electron chi connectivity index (χ4n) is 2.65. The zero-order valence-corrected chi connectivity index (χ0v) is 14.1. The molecule has 122 valence electrons. The molecule has 0 saturated heterocycles. The van der Waals surface area contributed by atoms with E-state index in [4.69, 9.17) is 0 Å². The first-order chi connectivity index (χ1) is 11.1. The van der Waals surface area contributed by atoms with Gasteiger partial charge in [0.1, 0.15) is 6.04 Å². The molecule has 23 heavy (non-hydrogen) atoms. The quantitative estimate of drug-likeness (QED) is 0.800. The predicted octanol–water partition coefficient (Wildman–Crippen LogP) is 2.74. The molecule has 4 heteroatoms. The van der Waals surface area contributed by atoms with Crippen LogP contribution in [0.25, 0.3) is 0 Å². The SMILES string of the molecule is Cc1cccc([C@@H](C(=O)NCCCc2ccccn2)N(C)C)c1. The van der Waals surface area contributed by atoms with Gasteiger partial charge in [0.25, 0.3) is 0 Å². The molecule has 4 nitrogen and oxygen atoms in total. The summed E-state index contributed by atoms with van der Waals surface area (Å²) in [4.78, 5) is 18.8. The van der Waals surface area contributed by atoms with Gasteiger partial charge in [-0.3, -0.25) is 14.7 Å². The van der Waals surface area contributed by atoms with Gasteiger partial charge in [-0.1, -0.05) is 35.9 Å². The van der Waals surface area contributed by atoms with Crippen LogP contribution in [0.2, 0.25) is 0 Å². The molecule has 1 atom stereocenters. The lowest BCUT2D eigenvalue weighted by atomic mass is 10.0. The van der Waals surface area contributed by atoms with Crippen LogP contribution in [-0.2, 0) is 11.2 Å². The van der Waals surface area contributed by atoms with E-state index in [1.807, 2.05) is 62.3 Å². The van der Waals surface area contributed by atoms with Crippen LogP contribution < -0.4 is 5.32 Å². The molecule has 1 aromatic heterocycles. The molecule has 0 aliphatic rings. The van der Waals surface area contributed by atoms with Gasteiger partial charge in [0.05, 0.1) is 0 Å². The summed E-state index contributed by atoms with van der Waals surface area (Å²) in [6.07, 6.45) is 3.56. The number of pyridine rings is 1. The van der Waals surface area contributed by atoms with Gasteiger partial charge < -0.3 is 5.32 Å². The Balaban J connectivity index is 1.89. The molecular weight excluding hydrogens is 286 g/mol. The van der Waals surface area contributed by atoms with Gasteiger partial charge in [-0.2, -0.15) is 0 Å². The van der Waals surface area contributed by atoms with Crippen molar-refractivity contribution in [2.45, 2.75) is 25.8 Å². The van der Waals surface area contributed by atoms with Gasteiger partial charge in [0, 0.05) is 18.4 Å². The maximum atomic E-state index is 12.5. The summed E-state index contributed by atoms with van der Waals surface area (Å²) in [6, 6.07) is 13.8. The van der Waals surface area contributed by atoms with E-state index in [0.29, 0.717) is 6.54 Å². The number of amides is 1. The van der Waals surface area contributed by atoms with E-state index in [1.165, 1.54) is 0 Å². The van der Waals surface area contributed by atoms with Crippen LogP contribution in [0.4, 0.5) is 0 Å². The third kappa shape index (κ3) is 5.18. The molecule has 0 radical (unpaired) electrons. The van der Waals surface area contributed by atoms with Crippen molar-refractivity contribution < 1.29 is 4.79 Å². The van der Waals surface area contributed by atoms with Gasteiger partial charge in [-0.05, 0) is 51.6 Å². The maximum absolute atomic E-state index is 12.5. The van der Waals surface area contributed by atoms with E-state index in [2.05, 4.69) is 16.4 Å². The molecular formula is C19H25N3O. The average Bonchev–Trinajstić information content (AvgIpc) is 2.52. The summed E-state index contributed by atoms with van der Waals surface area (Å²) < 4.78 is 0. The van der Waals surface area contributed by atoms with Crippen LogP contribution in [0.3, 0.4) is 0 Å². The van der Waals surface area contributed by atoms with Crippen molar-refractivity contribution >= 4 is 5.91 Å². The normalized spacial score (nSPS) is 12.2. The van der Waals surface area contributed by atoms with E-state index in [-0.39, 0.29) is 11.9 Å². The topological polar surface area (TPSA) is 45.2 Å². The predicted molar refractivity (Wildman–Crippen MR) is 93.2 cm³/mol. The Bertz CT molecular complexity index is 626. The van der Waals surface area contributed by atoms with E-state index in [1.54, 1.807) is 6.20 Å². The largest absolute Gasteiger partial charge is 0.354 e. The zero-order chi connectivity index (χ0) is 16.7. The Labute approximate surface area is 138 Å². The number of aromatic nitrogens is 1. The number of aryl methyl sites for hydroxylation is 2. The molecule has 0 bridgehead atoms. The molecule has 2 aromatic rings. The molecule has 1 heterocycles. The van der Waals surface area contributed by atoms with Crippen molar-refractivity contribution in [3.8, 4) is 0 Å². The number of carbonyl (C=O) groups is 1. The van der Waals surface area contributed by atoms with Crippen LogP contribution in [-0.4, -0.2) is 36.4 Å². The van der Waals surface area contributed by atoms with Gasteiger partial charge in [0.2, 0.25) is 5.91 Å². The lowest BCUT2D eigenvalue weighted by Gasteiger charge is -2.24. The first-order valence-electron chi connectivity index (χ1n) is 7.98. The molecule has 1 aromatic carbocycles. The third-order valence-corrected chi connectivity index (χ3v) is 3.76. The van der Waals surface area contributed by atoms with Crippen LogP contribution in [0.1, 0.15) is 29.3 Å². The highest BCUT2D eigenvalue weighted by atomic mass is 16.2. The van der Waals surface area contributed by atoms with E-state index >= 15 is 0 Å². The number of rotatable bonds is 7. The molecule has 1 amide bonds. The van der Waals surface area contributed by atoms with E-state index in [9.17, 15) is 4.79 Å². The number of likely N-dealkylation sites (N-methyl/N-ethyl adjacent to an activating group) is 1. The Kier molecular flexibility index (Phi) is 6.29. The standard InChI is InChI=1S/C19H25N3O/c1-15-8-6-9-16(14-15)18(22(2)3)19(23)21-13-7-11-17-10-4-5-12-20-17/h4-6,8-10,12,14,18H,7,11,13H2,1-3H3,(H,21,23)/t18-/m0/s1. The molecule has 0 unspecified atom stereocenters. The minimum atomic E-state index is -0.259. The van der Waals surface area contributed by atoms with Gasteiger partial charge in [-0.15, -0.1) is 0 Å². The Morgan fingerprint density at radius 1 is 1.22 bits per heavy atom. The van der Waals surface area contributed by atoms with Gasteiger partial charge >= 0.3 is 0 Å². The minimum absolute atomic E-state index is 0.0432. The number of carbonyl (C=O) groups excluding carboxylic acids is 1. The Hall–Kier alpha value is -2.20. The van der Waals surface area contributed by atoms with Crippen LogP contribution in [0, 0.1) is 6.92 Å². The fourth-order valence-corrected chi connectivity index (χ4v) is 2.65. The number of hydrogen-bond acceptors (Lipinski definition) is 3. The maximum Gasteiger partial charge on any atom is 0.241 e. The fraction of sp³-hybridized carbons (Fsp3) is 0.368. The summed E-state index contributed by atoms with van der Waals surface area (Å²) in [6.45, 7) is 2.70. The molecule has 2 rings (SSSR count). The molecule has 1 N–H and O–H groups in total. The Morgan fingerprint density at radius 2 is 2.04 bits per heavy atom. The van der Waals surface area contributed by atoms with Crippen LogP contribution in [0.5, 0.6) is 0 Å². The number of nitrogens with zero attached hydrogens (tertiary/aromatic N) is 2. The second-order valence-corrected chi connectivity index (χ2v) is 6.00. The second kappa shape index (κ2) is 8.44. The summed E-state index contributed by atoms with van der Waals surface area (Å²) in [5.41, 5.74) is 3.25. The van der Waals surface area contributed by atoms with Crippen molar-refractivity contribution in [1.82, 2.24) is 15.2 Å². The number of nitrogens with one attached hydrogen (secondary N) is 1. The molecule has 0 spiro atoms.